The first-order valence-corrected chi connectivity index (χ1v) is 8.36. The first-order chi connectivity index (χ1) is 11.3. The molecule has 0 amide bonds. The van der Waals surface area contributed by atoms with E-state index in [0.29, 0.717) is 0 Å². The van der Waals surface area contributed by atoms with Gasteiger partial charge in [-0.3, -0.25) is 0 Å². The van der Waals surface area contributed by atoms with Crippen LogP contribution in [0, 0.1) is 12.3 Å². The number of anilines is 2. The highest BCUT2D eigenvalue weighted by Crippen LogP contribution is 2.48. The van der Waals surface area contributed by atoms with Crippen molar-refractivity contribution < 1.29 is 0 Å². The predicted octanol–water partition coefficient (Wildman–Crippen LogP) is 5.47. The molecule has 0 saturated carbocycles. The van der Waals surface area contributed by atoms with Gasteiger partial charge in [-0.05, 0) is 42.0 Å². The third-order valence-electron chi connectivity index (χ3n) is 3.99. The van der Waals surface area contributed by atoms with Crippen LogP contribution in [0.3, 0.4) is 0 Å². The van der Waals surface area contributed by atoms with Crippen LogP contribution < -0.4 is 4.90 Å². The van der Waals surface area contributed by atoms with E-state index >= 15 is 0 Å². The van der Waals surface area contributed by atoms with Crippen LogP contribution in [0.1, 0.15) is 11.1 Å². The molecule has 1 nitrogen and oxygen atoms in total. The number of rotatable bonds is 2. The van der Waals surface area contributed by atoms with Gasteiger partial charge in [-0.1, -0.05) is 54.1 Å². The van der Waals surface area contributed by atoms with Crippen molar-refractivity contribution in [3.8, 4) is 12.3 Å². The van der Waals surface area contributed by atoms with Gasteiger partial charge in [0.25, 0.3) is 0 Å². The summed E-state index contributed by atoms with van der Waals surface area (Å²) >= 11 is 1.83. The molecule has 23 heavy (non-hydrogen) atoms. The van der Waals surface area contributed by atoms with Gasteiger partial charge in [0.2, 0.25) is 0 Å². The quantitative estimate of drug-likeness (QED) is 0.577. The molecule has 1 aliphatic heterocycles. The monoisotopic (exact) mass is 313 g/mol. The van der Waals surface area contributed by atoms with E-state index in [9.17, 15) is 0 Å². The lowest BCUT2D eigenvalue weighted by atomic mass is 10.1. The standard InChI is InChI=1S/C21H15NS/c1-2-16-11-13-17(14-12-16)15-22-18-7-3-5-9-20(18)23-21-10-6-4-8-19(21)22/h1,3-14H,15H2. The zero-order valence-corrected chi connectivity index (χ0v) is 13.4. The Hall–Kier alpha value is -2.63. The number of hydrogen-bond donors (Lipinski definition) is 0. The van der Waals surface area contributed by atoms with E-state index in [-0.39, 0.29) is 0 Å². The van der Waals surface area contributed by atoms with E-state index in [1.807, 2.05) is 23.9 Å². The summed E-state index contributed by atoms with van der Waals surface area (Å²) in [5.41, 5.74) is 4.69. The van der Waals surface area contributed by atoms with Gasteiger partial charge in [0.15, 0.2) is 0 Å². The third kappa shape index (κ3) is 2.60. The van der Waals surface area contributed by atoms with Crippen LogP contribution in [0.5, 0.6) is 0 Å². The van der Waals surface area contributed by atoms with Crippen LogP contribution in [0.25, 0.3) is 0 Å². The lowest BCUT2D eigenvalue weighted by Crippen LogP contribution is -2.20. The Morgan fingerprint density at radius 3 is 1.91 bits per heavy atom. The molecular weight excluding hydrogens is 298 g/mol. The van der Waals surface area contributed by atoms with E-state index in [2.05, 4.69) is 71.5 Å². The largest absolute Gasteiger partial charge is 0.335 e. The van der Waals surface area contributed by atoms with Gasteiger partial charge in [0.1, 0.15) is 0 Å². The van der Waals surface area contributed by atoms with Gasteiger partial charge < -0.3 is 4.90 Å². The fraction of sp³-hybridized carbons (Fsp3) is 0.0476. The average Bonchev–Trinajstić information content (AvgIpc) is 2.62. The maximum Gasteiger partial charge on any atom is 0.0556 e. The Labute approximate surface area is 141 Å². The van der Waals surface area contributed by atoms with Crippen LogP contribution in [0.15, 0.2) is 82.6 Å². The minimum atomic E-state index is 0.833. The molecule has 1 aliphatic rings. The molecular formula is C21H15NS. The molecule has 3 aromatic carbocycles. The van der Waals surface area contributed by atoms with E-state index in [4.69, 9.17) is 6.42 Å². The minimum absolute atomic E-state index is 0.833. The lowest BCUT2D eigenvalue weighted by molar-refractivity contribution is 0.938. The summed E-state index contributed by atoms with van der Waals surface area (Å²) < 4.78 is 0. The smallest absolute Gasteiger partial charge is 0.0556 e. The van der Waals surface area contributed by atoms with Gasteiger partial charge in [-0.2, -0.15) is 0 Å². The van der Waals surface area contributed by atoms with Crippen molar-refractivity contribution in [2.75, 3.05) is 4.90 Å². The molecule has 0 saturated heterocycles. The number of benzene rings is 3. The molecule has 3 aromatic rings. The predicted molar refractivity (Wildman–Crippen MR) is 97.2 cm³/mol. The molecule has 0 N–H and O–H groups in total. The minimum Gasteiger partial charge on any atom is -0.335 e. The second kappa shape index (κ2) is 5.87. The van der Waals surface area contributed by atoms with Gasteiger partial charge in [0.05, 0.1) is 11.4 Å². The lowest BCUT2D eigenvalue weighted by Gasteiger charge is -2.32. The van der Waals surface area contributed by atoms with Crippen LogP contribution in [0.2, 0.25) is 0 Å². The second-order valence-corrected chi connectivity index (χ2v) is 6.55. The second-order valence-electron chi connectivity index (χ2n) is 5.46. The summed E-state index contributed by atoms with van der Waals surface area (Å²) in [4.78, 5) is 4.98. The van der Waals surface area contributed by atoms with Gasteiger partial charge in [-0.25, -0.2) is 0 Å². The van der Waals surface area contributed by atoms with Crippen molar-refractivity contribution in [3.63, 3.8) is 0 Å². The van der Waals surface area contributed by atoms with E-state index in [0.717, 1.165) is 12.1 Å². The SMILES string of the molecule is C#Cc1ccc(CN2c3ccccc3Sc3ccccc32)cc1. The molecule has 110 valence electrons. The summed E-state index contributed by atoms with van der Waals surface area (Å²) in [5, 5.41) is 0. The Morgan fingerprint density at radius 2 is 1.35 bits per heavy atom. The van der Waals surface area contributed by atoms with Crippen molar-refractivity contribution in [3.05, 3.63) is 83.9 Å². The van der Waals surface area contributed by atoms with Crippen LogP contribution in [-0.4, -0.2) is 0 Å². The number of terminal acetylenes is 1. The fourth-order valence-corrected chi connectivity index (χ4v) is 3.94. The maximum absolute atomic E-state index is 5.45. The van der Waals surface area contributed by atoms with Crippen LogP contribution in [0.4, 0.5) is 11.4 Å². The number of para-hydroxylation sites is 2. The van der Waals surface area contributed by atoms with Gasteiger partial charge in [-0.15, -0.1) is 6.42 Å². The van der Waals surface area contributed by atoms with Crippen molar-refractivity contribution in [2.45, 2.75) is 16.3 Å². The Kier molecular flexibility index (Phi) is 3.57. The molecule has 0 aromatic heterocycles. The average molecular weight is 313 g/mol. The molecule has 1 heterocycles. The zero-order valence-electron chi connectivity index (χ0n) is 12.6. The summed E-state index contributed by atoms with van der Waals surface area (Å²) in [7, 11) is 0. The normalized spacial score (nSPS) is 12.2. The zero-order chi connectivity index (χ0) is 15.6. The van der Waals surface area contributed by atoms with Crippen LogP contribution >= 0.6 is 11.8 Å². The molecule has 0 unspecified atom stereocenters. The Balaban J connectivity index is 1.76. The molecule has 0 radical (unpaired) electrons. The van der Waals surface area contributed by atoms with Crippen molar-refractivity contribution in [1.82, 2.24) is 0 Å². The maximum atomic E-state index is 5.45. The Bertz CT molecular complexity index is 845. The van der Waals surface area contributed by atoms with Gasteiger partial charge >= 0.3 is 0 Å². The van der Waals surface area contributed by atoms with E-state index < -0.39 is 0 Å². The van der Waals surface area contributed by atoms with Crippen LogP contribution in [-0.2, 0) is 6.54 Å². The molecule has 0 spiro atoms. The number of fused-ring (bicyclic) bond motifs is 2. The highest BCUT2D eigenvalue weighted by Gasteiger charge is 2.22. The summed E-state index contributed by atoms with van der Waals surface area (Å²) in [6.45, 7) is 0.833. The van der Waals surface area contributed by atoms with Crippen molar-refractivity contribution in [2.24, 2.45) is 0 Å². The molecule has 4 rings (SSSR count). The molecule has 0 bridgehead atoms. The van der Waals surface area contributed by atoms with Crippen molar-refractivity contribution in [1.29, 1.82) is 0 Å². The topological polar surface area (TPSA) is 3.24 Å². The molecule has 2 heteroatoms. The molecule has 0 aliphatic carbocycles. The fourth-order valence-electron chi connectivity index (χ4n) is 2.84. The summed E-state index contributed by atoms with van der Waals surface area (Å²) in [6.07, 6.45) is 5.45. The Morgan fingerprint density at radius 1 is 0.783 bits per heavy atom. The number of hydrogen-bond acceptors (Lipinski definition) is 2. The molecule has 0 atom stereocenters. The first-order valence-electron chi connectivity index (χ1n) is 7.54. The highest BCUT2D eigenvalue weighted by atomic mass is 32.2. The highest BCUT2D eigenvalue weighted by molar-refractivity contribution is 7.99. The third-order valence-corrected chi connectivity index (χ3v) is 5.12. The first kappa shape index (κ1) is 14.0. The van der Waals surface area contributed by atoms with E-state index in [1.54, 1.807) is 0 Å². The molecule has 0 fully saturated rings. The summed E-state index contributed by atoms with van der Waals surface area (Å²) in [6, 6.07) is 25.4. The van der Waals surface area contributed by atoms with Gasteiger partial charge in [0, 0.05) is 21.9 Å². The summed E-state index contributed by atoms with van der Waals surface area (Å²) in [5.74, 6) is 2.67. The van der Waals surface area contributed by atoms with Crippen molar-refractivity contribution >= 4 is 23.1 Å². The van der Waals surface area contributed by atoms with E-state index in [1.165, 1.54) is 26.7 Å². The number of nitrogens with zero attached hydrogens (tertiary/aromatic N) is 1.